The largest absolute Gasteiger partial charge is 0.352 e. The van der Waals surface area contributed by atoms with E-state index in [1.165, 1.54) is 17.4 Å². The zero-order valence-corrected chi connectivity index (χ0v) is 15.7. The summed E-state index contributed by atoms with van der Waals surface area (Å²) in [5.41, 5.74) is 3.16. The highest BCUT2D eigenvalue weighted by molar-refractivity contribution is 5.51. The van der Waals surface area contributed by atoms with Crippen molar-refractivity contribution in [3.8, 4) is 5.69 Å². The number of allylic oxidation sites excluding steroid dienone is 4. The van der Waals surface area contributed by atoms with Crippen LogP contribution in [0.5, 0.6) is 0 Å². The predicted molar refractivity (Wildman–Crippen MR) is 103 cm³/mol. The molecular formula is C22H23N3O2. The molecule has 3 aliphatic carbocycles. The molecule has 0 fully saturated rings. The summed E-state index contributed by atoms with van der Waals surface area (Å²) in [5, 5.41) is 0. The zero-order valence-electron chi connectivity index (χ0n) is 15.7. The highest BCUT2D eigenvalue weighted by Gasteiger charge is 2.70. The average Bonchev–Trinajstić information content (AvgIpc) is 2.97. The van der Waals surface area contributed by atoms with E-state index < -0.39 is 0 Å². The van der Waals surface area contributed by atoms with Crippen molar-refractivity contribution in [3.63, 3.8) is 0 Å². The maximum Gasteiger partial charge on any atom is 0.352 e. The van der Waals surface area contributed by atoms with E-state index in [1.807, 2.05) is 30.3 Å². The number of para-hydroxylation sites is 1. The highest BCUT2D eigenvalue weighted by Crippen LogP contribution is 2.75. The molecule has 2 aliphatic heterocycles. The predicted octanol–water partition coefficient (Wildman–Crippen LogP) is 3.36. The second-order valence-electron chi connectivity index (χ2n) is 8.77. The van der Waals surface area contributed by atoms with Crippen LogP contribution >= 0.6 is 0 Å². The molecule has 4 unspecified atom stereocenters. The van der Waals surface area contributed by atoms with Gasteiger partial charge in [-0.1, -0.05) is 55.3 Å². The third-order valence-corrected chi connectivity index (χ3v) is 8.01. The summed E-state index contributed by atoms with van der Waals surface area (Å²) in [5.74, 6) is 0. The van der Waals surface area contributed by atoms with E-state index in [9.17, 15) is 9.59 Å². The molecule has 2 bridgehead atoms. The van der Waals surface area contributed by atoms with Gasteiger partial charge in [-0.15, -0.1) is 0 Å². The molecule has 0 N–H and O–H groups in total. The fraction of sp³-hybridized carbons (Fsp3) is 0.455. The first-order valence-electron chi connectivity index (χ1n) is 9.94. The maximum absolute atomic E-state index is 13.4. The lowest BCUT2D eigenvalue weighted by atomic mass is 9.38. The van der Waals surface area contributed by atoms with Gasteiger partial charge in [0.05, 0.1) is 17.8 Å². The van der Waals surface area contributed by atoms with E-state index >= 15 is 0 Å². The van der Waals surface area contributed by atoms with Gasteiger partial charge in [0, 0.05) is 10.8 Å². The standard InChI is InChI=1S/C22H23N3O2/c1-21-15-10-6-7-11-16(15)22(21,2)18-13-12-17(21)24-19(26)23(20(27)25(18)24)14-8-4-3-5-9-14/h3-5,8-9,12-13,17-18H,6-7,10-11H2,1-2H3. The van der Waals surface area contributed by atoms with Gasteiger partial charge in [0.2, 0.25) is 0 Å². The summed E-state index contributed by atoms with van der Waals surface area (Å²) < 4.78 is 4.81. The fourth-order valence-electron chi connectivity index (χ4n) is 6.61. The first-order valence-corrected chi connectivity index (χ1v) is 9.94. The number of rotatable bonds is 1. The number of nitrogens with zero attached hydrogens (tertiary/aromatic N) is 3. The van der Waals surface area contributed by atoms with Crippen molar-refractivity contribution in [2.75, 3.05) is 0 Å². The summed E-state index contributed by atoms with van der Waals surface area (Å²) in [7, 11) is 0. The van der Waals surface area contributed by atoms with Crippen LogP contribution in [0.2, 0.25) is 0 Å². The van der Waals surface area contributed by atoms with Crippen LogP contribution in [-0.4, -0.2) is 13.9 Å². The molecule has 0 amide bonds. The SMILES string of the molecule is CC12C3=C(CCCC3)C1(C)C1C=CC2n2c(=O)n(-c3ccccc3)c(=O)n21. The Morgan fingerprint density at radius 3 is 1.78 bits per heavy atom. The van der Waals surface area contributed by atoms with Gasteiger partial charge in [-0.25, -0.2) is 23.5 Å². The van der Waals surface area contributed by atoms with E-state index in [2.05, 4.69) is 26.0 Å². The minimum Gasteiger partial charge on any atom is -0.245 e. The molecule has 0 saturated heterocycles. The minimum absolute atomic E-state index is 0.0681. The average molecular weight is 361 g/mol. The second-order valence-corrected chi connectivity index (χ2v) is 8.77. The summed E-state index contributed by atoms with van der Waals surface area (Å²) in [6.07, 6.45) is 9.08. The van der Waals surface area contributed by atoms with Crippen molar-refractivity contribution in [2.24, 2.45) is 10.8 Å². The van der Waals surface area contributed by atoms with Crippen molar-refractivity contribution < 1.29 is 0 Å². The Labute approximate surface area is 157 Å². The summed E-state index contributed by atoms with van der Waals surface area (Å²) in [4.78, 5) is 26.7. The molecule has 0 spiro atoms. The fourth-order valence-corrected chi connectivity index (χ4v) is 6.61. The van der Waals surface area contributed by atoms with Crippen LogP contribution in [0, 0.1) is 10.8 Å². The third-order valence-electron chi connectivity index (χ3n) is 8.01. The molecule has 3 heterocycles. The molecule has 7 rings (SSSR count). The molecular weight excluding hydrogens is 338 g/mol. The van der Waals surface area contributed by atoms with Crippen LogP contribution in [0.25, 0.3) is 5.69 Å². The van der Waals surface area contributed by atoms with Gasteiger partial charge in [-0.3, -0.25) is 0 Å². The van der Waals surface area contributed by atoms with Crippen LogP contribution < -0.4 is 11.4 Å². The first kappa shape index (κ1) is 15.5. The number of aromatic nitrogens is 3. The van der Waals surface area contributed by atoms with Crippen LogP contribution in [0.4, 0.5) is 0 Å². The van der Waals surface area contributed by atoms with Crippen molar-refractivity contribution in [1.82, 2.24) is 13.9 Å². The maximum atomic E-state index is 13.4. The summed E-state index contributed by atoms with van der Waals surface area (Å²) in [6, 6.07) is 9.10. The summed E-state index contributed by atoms with van der Waals surface area (Å²) >= 11 is 0. The molecule has 0 radical (unpaired) electrons. The molecule has 5 nitrogen and oxygen atoms in total. The smallest absolute Gasteiger partial charge is 0.245 e. The zero-order chi connectivity index (χ0) is 18.6. The molecule has 138 valence electrons. The second kappa shape index (κ2) is 4.64. The minimum atomic E-state index is -0.223. The van der Waals surface area contributed by atoms with Crippen molar-refractivity contribution in [2.45, 2.75) is 51.6 Å². The highest BCUT2D eigenvalue weighted by atomic mass is 16.2. The summed E-state index contributed by atoms with van der Waals surface area (Å²) in [6.45, 7) is 4.64. The van der Waals surface area contributed by atoms with Gasteiger partial charge in [-0.2, -0.15) is 0 Å². The Morgan fingerprint density at radius 1 is 0.815 bits per heavy atom. The molecule has 1 aromatic carbocycles. The quantitative estimate of drug-likeness (QED) is 0.731. The molecule has 5 heteroatoms. The van der Waals surface area contributed by atoms with Crippen LogP contribution in [-0.2, 0) is 0 Å². The van der Waals surface area contributed by atoms with Crippen LogP contribution in [0.3, 0.4) is 0 Å². The van der Waals surface area contributed by atoms with Crippen LogP contribution in [0.1, 0.15) is 51.6 Å². The number of hydrogen-bond acceptors (Lipinski definition) is 2. The Hall–Kier alpha value is -2.56. The van der Waals surface area contributed by atoms with Crippen molar-refractivity contribution in [3.05, 3.63) is 74.6 Å². The Balaban J connectivity index is 1.65. The lowest BCUT2D eigenvalue weighted by Gasteiger charge is -2.69. The molecule has 1 aromatic heterocycles. The molecule has 5 aliphatic rings. The monoisotopic (exact) mass is 361 g/mol. The van der Waals surface area contributed by atoms with Gasteiger partial charge in [0.1, 0.15) is 0 Å². The van der Waals surface area contributed by atoms with E-state index in [-0.39, 0.29) is 34.3 Å². The van der Waals surface area contributed by atoms with E-state index in [0.29, 0.717) is 5.69 Å². The van der Waals surface area contributed by atoms with Crippen molar-refractivity contribution in [1.29, 1.82) is 0 Å². The Kier molecular flexibility index (Phi) is 2.66. The Bertz CT molecular complexity index is 1090. The van der Waals surface area contributed by atoms with Gasteiger partial charge >= 0.3 is 11.4 Å². The van der Waals surface area contributed by atoms with Gasteiger partial charge in [-0.05, 0) is 37.8 Å². The molecule has 4 atom stereocenters. The van der Waals surface area contributed by atoms with Crippen molar-refractivity contribution >= 4 is 0 Å². The molecule has 0 saturated carbocycles. The van der Waals surface area contributed by atoms with Gasteiger partial charge in [0.25, 0.3) is 0 Å². The van der Waals surface area contributed by atoms with Crippen LogP contribution in [0.15, 0.2) is 63.2 Å². The Morgan fingerprint density at radius 2 is 1.30 bits per heavy atom. The van der Waals surface area contributed by atoms with Gasteiger partial charge in [0.15, 0.2) is 0 Å². The van der Waals surface area contributed by atoms with E-state index in [4.69, 9.17) is 0 Å². The number of benzene rings is 1. The van der Waals surface area contributed by atoms with E-state index in [0.717, 1.165) is 12.8 Å². The third kappa shape index (κ3) is 1.44. The lowest BCUT2D eigenvalue weighted by Crippen LogP contribution is -2.66. The normalized spacial score (nSPS) is 35.5. The first-order chi connectivity index (χ1) is 13.0. The number of hydrogen-bond donors (Lipinski definition) is 0. The molecule has 27 heavy (non-hydrogen) atoms. The topological polar surface area (TPSA) is 48.9 Å². The van der Waals surface area contributed by atoms with Gasteiger partial charge < -0.3 is 0 Å². The van der Waals surface area contributed by atoms with E-state index in [1.54, 1.807) is 20.5 Å². The molecule has 2 aromatic rings. The lowest BCUT2D eigenvalue weighted by molar-refractivity contribution is -0.0584.